The van der Waals surface area contributed by atoms with Gasteiger partial charge in [0.2, 0.25) is 0 Å². The van der Waals surface area contributed by atoms with Crippen LogP contribution < -0.4 is 9.64 Å². The molecule has 2 aromatic rings. The van der Waals surface area contributed by atoms with E-state index < -0.39 is 6.10 Å². The summed E-state index contributed by atoms with van der Waals surface area (Å²) in [4.78, 5) is 6.46. The molecule has 1 atom stereocenters. The topological polar surface area (TPSA) is 45.6 Å². The number of rotatable bonds is 6. The number of ether oxygens (including phenoxy) is 1. The van der Waals surface area contributed by atoms with Crippen molar-refractivity contribution in [1.29, 1.82) is 0 Å². The number of hydrogen-bond acceptors (Lipinski definition) is 4. The predicted molar refractivity (Wildman–Crippen MR) is 84.8 cm³/mol. The van der Waals surface area contributed by atoms with Crippen molar-refractivity contribution in [2.24, 2.45) is 0 Å². The van der Waals surface area contributed by atoms with Crippen LogP contribution in [0, 0.1) is 0 Å². The highest BCUT2D eigenvalue weighted by atomic mass is 16.5. The van der Waals surface area contributed by atoms with E-state index in [0.29, 0.717) is 5.75 Å². The molecular weight excluding hydrogens is 264 g/mol. The molecule has 0 aliphatic carbocycles. The quantitative estimate of drug-likeness (QED) is 0.887. The number of anilines is 1. The molecule has 0 aliphatic heterocycles. The van der Waals surface area contributed by atoms with Crippen LogP contribution in [0.25, 0.3) is 0 Å². The molecule has 4 nitrogen and oxygen atoms in total. The molecule has 0 amide bonds. The van der Waals surface area contributed by atoms with Crippen LogP contribution in [0.3, 0.4) is 0 Å². The highest BCUT2D eigenvalue weighted by molar-refractivity contribution is 5.60. The van der Waals surface area contributed by atoms with Gasteiger partial charge in [-0.05, 0) is 31.2 Å². The van der Waals surface area contributed by atoms with Gasteiger partial charge >= 0.3 is 0 Å². The monoisotopic (exact) mass is 286 g/mol. The number of benzene rings is 1. The second-order valence-electron chi connectivity index (χ2n) is 5.06. The fourth-order valence-corrected chi connectivity index (χ4v) is 2.41. The van der Waals surface area contributed by atoms with E-state index in [9.17, 15) is 5.11 Å². The van der Waals surface area contributed by atoms with Gasteiger partial charge in [0, 0.05) is 43.2 Å². The summed E-state index contributed by atoms with van der Waals surface area (Å²) in [5.41, 5.74) is 2.87. The molecule has 0 radical (unpaired) electrons. The first-order valence-corrected chi connectivity index (χ1v) is 7.09. The van der Waals surface area contributed by atoms with Gasteiger partial charge in [0.1, 0.15) is 5.75 Å². The van der Waals surface area contributed by atoms with Gasteiger partial charge in [-0.2, -0.15) is 0 Å². The summed E-state index contributed by atoms with van der Waals surface area (Å²) in [5.74, 6) is 0.715. The average Bonchev–Trinajstić information content (AvgIpc) is 2.52. The Labute approximate surface area is 126 Å². The van der Waals surface area contributed by atoms with Crippen LogP contribution >= 0.6 is 0 Å². The SMILES string of the molecule is COc1cccc(N(C)CCc2ccccn2)c1[C@@H](C)O. The van der Waals surface area contributed by atoms with Gasteiger partial charge in [-0.15, -0.1) is 0 Å². The summed E-state index contributed by atoms with van der Waals surface area (Å²) in [6.07, 6.45) is 2.09. The Bertz CT molecular complexity index is 570. The third kappa shape index (κ3) is 3.73. The minimum Gasteiger partial charge on any atom is -0.496 e. The normalized spacial score (nSPS) is 12.0. The van der Waals surface area contributed by atoms with Gasteiger partial charge in [0.25, 0.3) is 0 Å². The third-order valence-corrected chi connectivity index (χ3v) is 3.52. The first kappa shape index (κ1) is 15.3. The van der Waals surface area contributed by atoms with Gasteiger partial charge in [0.05, 0.1) is 13.2 Å². The zero-order valence-electron chi connectivity index (χ0n) is 12.8. The summed E-state index contributed by atoms with van der Waals surface area (Å²) in [6, 6.07) is 11.8. The molecule has 4 heteroatoms. The minimum atomic E-state index is -0.576. The first-order valence-electron chi connectivity index (χ1n) is 7.09. The average molecular weight is 286 g/mol. The lowest BCUT2D eigenvalue weighted by atomic mass is 10.1. The van der Waals surface area contributed by atoms with Gasteiger partial charge < -0.3 is 14.7 Å². The maximum atomic E-state index is 10.0. The molecule has 1 heterocycles. The second-order valence-corrected chi connectivity index (χ2v) is 5.06. The van der Waals surface area contributed by atoms with Crippen molar-refractivity contribution in [3.05, 3.63) is 53.9 Å². The maximum Gasteiger partial charge on any atom is 0.126 e. The van der Waals surface area contributed by atoms with Crippen LogP contribution in [0.2, 0.25) is 0 Å². The summed E-state index contributed by atoms with van der Waals surface area (Å²) in [6.45, 7) is 2.58. The summed E-state index contributed by atoms with van der Waals surface area (Å²) >= 11 is 0. The van der Waals surface area contributed by atoms with E-state index in [1.807, 2.05) is 49.6 Å². The van der Waals surface area contributed by atoms with Crippen molar-refractivity contribution in [3.8, 4) is 5.75 Å². The molecule has 0 fully saturated rings. The second kappa shape index (κ2) is 7.09. The summed E-state index contributed by atoms with van der Waals surface area (Å²) < 4.78 is 5.36. The fourth-order valence-electron chi connectivity index (χ4n) is 2.41. The number of aromatic nitrogens is 1. The molecule has 0 saturated carbocycles. The highest BCUT2D eigenvalue weighted by Gasteiger charge is 2.16. The van der Waals surface area contributed by atoms with Gasteiger partial charge in [-0.25, -0.2) is 0 Å². The largest absolute Gasteiger partial charge is 0.496 e. The van der Waals surface area contributed by atoms with Gasteiger partial charge in [0.15, 0.2) is 0 Å². The number of hydrogen-bond donors (Lipinski definition) is 1. The fraction of sp³-hybridized carbons (Fsp3) is 0.353. The molecular formula is C17H22N2O2. The van der Waals surface area contributed by atoms with E-state index in [-0.39, 0.29) is 0 Å². The number of methoxy groups -OCH3 is 1. The van der Waals surface area contributed by atoms with E-state index in [0.717, 1.165) is 29.9 Å². The zero-order chi connectivity index (χ0) is 15.2. The van der Waals surface area contributed by atoms with E-state index in [1.165, 1.54) is 0 Å². The Morgan fingerprint density at radius 1 is 1.24 bits per heavy atom. The third-order valence-electron chi connectivity index (χ3n) is 3.52. The van der Waals surface area contributed by atoms with Crippen LogP contribution in [0.1, 0.15) is 24.3 Å². The zero-order valence-corrected chi connectivity index (χ0v) is 12.8. The number of likely N-dealkylation sites (N-methyl/N-ethyl adjacent to an activating group) is 1. The predicted octanol–water partition coefficient (Wildman–Crippen LogP) is 2.82. The lowest BCUT2D eigenvalue weighted by Crippen LogP contribution is -2.22. The highest BCUT2D eigenvalue weighted by Crippen LogP contribution is 2.34. The van der Waals surface area contributed by atoms with Gasteiger partial charge in [-0.1, -0.05) is 12.1 Å². The Hall–Kier alpha value is -2.07. The number of nitrogens with zero attached hydrogens (tertiary/aromatic N) is 2. The molecule has 1 aromatic carbocycles. The summed E-state index contributed by atoms with van der Waals surface area (Å²) in [7, 11) is 3.64. The number of aliphatic hydroxyl groups is 1. The Kier molecular flexibility index (Phi) is 5.17. The molecule has 2 rings (SSSR count). The summed E-state index contributed by atoms with van der Waals surface area (Å²) in [5, 5.41) is 10.0. The van der Waals surface area contributed by atoms with Crippen LogP contribution in [-0.4, -0.2) is 30.8 Å². The van der Waals surface area contributed by atoms with Crippen LogP contribution in [0.5, 0.6) is 5.75 Å². The van der Waals surface area contributed by atoms with Crippen LogP contribution in [0.4, 0.5) is 5.69 Å². The van der Waals surface area contributed by atoms with E-state index in [1.54, 1.807) is 14.0 Å². The standard InChI is InChI=1S/C17H22N2O2/c1-13(20)17-15(8-6-9-16(17)21-3)19(2)12-10-14-7-4-5-11-18-14/h4-9,11,13,20H,10,12H2,1-3H3/t13-/m1/s1. The van der Waals surface area contributed by atoms with Crippen molar-refractivity contribution in [1.82, 2.24) is 4.98 Å². The smallest absolute Gasteiger partial charge is 0.126 e. The molecule has 112 valence electrons. The number of aliphatic hydroxyl groups excluding tert-OH is 1. The van der Waals surface area contributed by atoms with Crippen molar-refractivity contribution < 1.29 is 9.84 Å². The maximum absolute atomic E-state index is 10.0. The van der Waals surface area contributed by atoms with E-state index in [2.05, 4.69) is 9.88 Å². The molecule has 1 aromatic heterocycles. The number of pyridine rings is 1. The van der Waals surface area contributed by atoms with Gasteiger partial charge in [-0.3, -0.25) is 4.98 Å². The lowest BCUT2D eigenvalue weighted by Gasteiger charge is -2.25. The Morgan fingerprint density at radius 3 is 2.67 bits per heavy atom. The molecule has 0 unspecified atom stereocenters. The van der Waals surface area contributed by atoms with Crippen molar-refractivity contribution in [2.75, 3.05) is 25.6 Å². The molecule has 21 heavy (non-hydrogen) atoms. The van der Waals surface area contributed by atoms with Crippen LogP contribution in [0.15, 0.2) is 42.6 Å². The first-order chi connectivity index (χ1) is 10.1. The van der Waals surface area contributed by atoms with E-state index in [4.69, 9.17) is 4.74 Å². The van der Waals surface area contributed by atoms with Crippen molar-refractivity contribution in [2.45, 2.75) is 19.4 Å². The van der Waals surface area contributed by atoms with Crippen LogP contribution in [-0.2, 0) is 6.42 Å². The molecule has 0 spiro atoms. The molecule has 0 bridgehead atoms. The van der Waals surface area contributed by atoms with Crippen molar-refractivity contribution >= 4 is 5.69 Å². The minimum absolute atomic E-state index is 0.576. The molecule has 0 aliphatic rings. The Balaban J connectivity index is 2.17. The molecule has 1 N–H and O–H groups in total. The lowest BCUT2D eigenvalue weighted by molar-refractivity contribution is 0.194. The van der Waals surface area contributed by atoms with E-state index >= 15 is 0 Å². The Morgan fingerprint density at radius 2 is 2.05 bits per heavy atom. The molecule has 0 saturated heterocycles. The van der Waals surface area contributed by atoms with Crippen molar-refractivity contribution in [3.63, 3.8) is 0 Å².